The molecule has 2 N–H and O–H groups in total. The summed E-state index contributed by atoms with van der Waals surface area (Å²) in [6, 6.07) is 8.63. The van der Waals surface area contributed by atoms with E-state index in [1.54, 1.807) is 0 Å². The van der Waals surface area contributed by atoms with Crippen LogP contribution in [0.25, 0.3) is 0 Å². The molecule has 0 aromatic heterocycles. The molecule has 1 atom stereocenters. The van der Waals surface area contributed by atoms with E-state index in [4.69, 9.17) is 4.99 Å². The second kappa shape index (κ2) is 11.2. The molecule has 6 heteroatoms. The maximum absolute atomic E-state index is 10.5. The highest BCUT2D eigenvalue weighted by atomic mass is 127. The van der Waals surface area contributed by atoms with Gasteiger partial charge in [0.25, 0.3) is 0 Å². The predicted molar refractivity (Wildman–Crippen MR) is 123 cm³/mol. The fourth-order valence-electron chi connectivity index (χ4n) is 3.90. The third kappa shape index (κ3) is 6.61. The lowest BCUT2D eigenvalue weighted by Gasteiger charge is -2.33. The first-order valence-corrected chi connectivity index (χ1v) is 10.2. The third-order valence-electron chi connectivity index (χ3n) is 5.55. The Bertz CT molecular complexity index is 602. The lowest BCUT2D eigenvalue weighted by Crippen LogP contribution is -2.46. The van der Waals surface area contributed by atoms with Crippen molar-refractivity contribution < 1.29 is 5.11 Å². The molecule has 1 aromatic rings. The summed E-state index contributed by atoms with van der Waals surface area (Å²) in [7, 11) is 0. The Balaban J connectivity index is 0.00000261. The van der Waals surface area contributed by atoms with Crippen LogP contribution in [0.2, 0.25) is 0 Å². The van der Waals surface area contributed by atoms with E-state index in [0.717, 1.165) is 51.0 Å². The highest BCUT2D eigenvalue weighted by Crippen LogP contribution is 2.19. The highest BCUT2D eigenvalue weighted by Gasteiger charge is 2.20. The number of aliphatic imine (C=N–C) groups is 1. The van der Waals surface area contributed by atoms with Crippen molar-refractivity contribution >= 4 is 29.9 Å². The van der Waals surface area contributed by atoms with Crippen LogP contribution in [0, 0.1) is 5.92 Å². The van der Waals surface area contributed by atoms with Crippen LogP contribution in [0.4, 0.5) is 0 Å². The summed E-state index contributed by atoms with van der Waals surface area (Å²) in [4.78, 5) is 9.41. The van der Waals surface area contributed by atoms with Crippen molar-refractivity contribution in [2.45, 2.75) is 45.8 Å². The number of aliphatic hydroxyl groups excluding tert-OH is 1. The number of likely N-dealkylation sites (tertiary alicyclic amines) is 1. The minimum atomic E-state index is -0.419. The second-order valence-corrected chi connectivity index (χ2v) is 7.77. The van der Waals surface area contributed by atoms with E-state index in [1.807, 2.05) is 0 Å². The summed E-state index contributed by atoms with van der Waals surface area (Å²) in [5.74, 6) is 1.77. The van der Waals surface area contributed by atoms with Crippen LogP contribution in [-0.4, -0.2) is 66.2 Å². The standard InChI is InChI=1S/C21H34N4O.HI/c1-3-22-21(25-12-8-17(2)9-13-25)23-14-20(26)16-24-11-10-18-6-4-5-7-19(18)15-24;/h4-7,17,20,26H,3,8-16H2,1-2H3,(H,22,23);1H. The van der Waals surface area contributed by atoms with Crippen LogP contribution < -0.4 is 5.32 Å². The lowest BCUT2D eigenvalue weighted by molar-refractivity contribution is 0.111. The number of guanidine groups is 1. The topological polar surface area (TPSA) is 51.1 Å². The summed E-state index contributed by atoms with van der Waals surface area (Å²) in [6.07, 6.45) is 3.10. The van der Waals surface area contributed by atoms with E-state index < -0.39 is 6.10 Å². The van der Waals surface area contributed by atoms with Crippen molar-refractivity contribution in [1.29, 1.82) is 0 Å². The highest BCUT2D eigenvalue weighted by molar-refractivity contribution is 14.0. The zero-order chi connectivity index (χ0) is 18.4. The molecule has 3 rings (SSSR count). The minimum Gasteiger partial charge on any atom is -0.390 e. The summed E-state index contributed by atoms with van der Waals surface area (Å²) >= 11 is 0. The molecule has 27 heavy (non-hydrogen) atoms. The summed E-state index contributed by atoms with van der Waals surface area (Å²) < 4.78 is 0. The Kier molecular flexibility index (Phi) is 9.32. The molecule has 1 fully saturated rings. The third-order valence-corrected chi connectivity index (χ3v) is 5.55. The average molecular weight is 486 g/mol. The molecule has 0 amide bonds. The number of β-amino-alcohol motifs (C(OH)–C–C–N with tert-alkyl or cyclic N) is 1. The molecule has 0 radical (unpaired) electrons. The number of fused-ring (bicyclic) bond motifs is 1. The van der Waals surface area contributed by atoms with Crippen LogP contribution in [0.5, 0.6) is 0 Å². The van der Waals surface area contributed by atoms with Crippen molar-refractivity contribution in [3.63, 3.8) is 0 Å². The van der Waals surface area contributed by atoms with Gasteiger partial charge >= 0.3 is 0 Å². The molecule has 2 heterocycles. The van der Waals surface area contributed by atoms with Crippen LogP contribution in [0.15, 0.2) is 29.3 Å². The summed E-state index contributed by atoms with van der Waals surface area (Å²) in [5, 5.41) is 13.9. The van der Waals surface area contributed by atoms with Gasteiger partial charge in [0, 0.05) is 39.3 Å². The van der Waals surface area contributed by atoms with E-state index in [1.165, 1.54) is 24.0 Å². The zero-order valence-electron chi connectivity index (χ0n) is 16.7. The second-order valence-electron chi connectivity index (χ2n) is 7.77. The van der Waals surface area contributed by atoms with Crippen molar-refractivity contribution in [3.05, 3.63) is 35.4 Å². The molecular formula is C21H35IN4O. The molecule has 0 spiro atoms. The summed E-state index contributed by atoms with van der Waals surface area (Å²) in [5.41, 5.74) is 2.84. The van der Waals surface area contributed by atoms with Crippen molar-refractivity contribution in [1.82, 2.24) is 15.1 Å². The van der Waals surface area contributed by atoms with Gasteiger partial charge in [0.05, 0.1) is 12.6 Å². The number of piperidine rings is 1. The first-order chi connectivity index (χ1) is 12.7. The molecule has 2 aliphatic rings. The van der Waals surface area contributed by atoms with Crippen molar-refractivity contribution in [2.24, 2.45) is 10.9 Å². The van der Waals surface area contributed by atoms with E-state index in [9.17, 15) is 5.11 Å². The number of benzene rings is 1. The van der Waals surface area contributed by atoms with Gasteiger partial charge in [-0.15, -0.1) is 24.0 Å². The van der Waals surface area contributed by atoms with Crippen LogP contribution in [0.3, 0.4) is 0 Å². The molecule has 1 unspecified atom stereocenters. The van der Waals surface area contributed by atoms with E-state index in [0.29, 0.717) is 13.1 Å². The molecule has 2 aliphatic heterocycles. The van der Waals surface area contributed by atoms with Crippen molar-refractivity contribution in [3.8, 4) is 0 Å². The number of rotatable bonds is 5. The maximum atomic E-state index is 10.5. The van der Waals surface area contributed by atoms with Gasteiger partial charge in [-0.1, -0.05) is 31.2 Å². The Labute approximate surface area is 181 Å². The maximum Gasteiger partial charge on any atom is 0.194 e. The smallest absolute Gasteiger partial charge is 0.194 e. The van der Waals surface area contributed by atoms with Gasteiger partial charge in [-0.2, -0.15) is 0 Å². The Morgan fingerprint density at radius 1 is 1.22 bits per heavy atom. The average Bonchev–Trinajstić information content (AvgIpc) is 2.66. The Morgan fingerprint density at radius 2 is 1.93 bits per heavy atom. The molecule has 0 saturated carbocycles. The van der Waals surface area contributed by atoms with Gasteiger partial charge in [-0.25, -0.2) is 0 Å². The number of halogens is 1. The number of nitrogens with one attached hydrogen (secondary N) is 1. The number of aliphatic hydroxyl groups is 1. The van der Waals surface area contributed by atoms with Crippen LogP contribution >= 0.6 is 24.0 Å². The van der Waals surface area contributed by atoms with Gasteiger partial charge in [0.1, 0.15) is 0 Å². The fourth-order valence-corrected chi connectivity index (χ4v) is 3.90. The number of nitrogens with zero attached hydrogens (tertiary/aromatic N) is 3. The van der Waals surface area contributed by atoms with Gasteiger partial charge in [0.2, 0.25) is 0 Å². The van der Waals surface area contributed by atoms with E-state index in [2.05, 4.69) is 53.2 Å². The monoisotopic (exact) mass is 486 g/mol. The molecule has 152 valence electrons. The number of hydrogen-bond donors (Lipinski definition) is 2. The molecule has 0 aliphatic carbocycles. The first kappa shape index (κ1) is 22.4. The molecule has 5 nitrogen and oxygen atoms in total. The Hall–Kier alpha value is -0.860. The normalized spacial score (nSPS) is 20.0. The fraction of sp³-hybridized carbons (Fsp3) is 0.667. The van der Waals surface area contributed by atoms with Gasteiger partial charge in [0.15, 0.2) is 5.96 Å². The largest absolute Gasteiger partial charge is 0.390 e. The van der Waals surface area contributed by atoms with E-state index in [-0.39, 0.29) is 24.0 Å². The zero-order valence-corrected chi connectivity index (χ0v) is 19.1. The predicted octanol–water partition coefficient (Wildman–Crippen LogP) is 2.72. The Morgan fingerprint density at radius 3 is 2.63 bits per heavy atom. The molecule has 1 saturated heterocycles. The molecule has 1 aromatic carbocycles. The quantitative estimate of drug-likeness (QED) is 0.382. The van der Waals surface area contributed by atoms with Crippen LogP contribution in [-0.2, 0) is 13.0 Å². The number of hydrogen-bond acceptors (Lipinski definition) is 3. The minimum absolute atomic E-state index is 0. The summed E-state index contributed by atoms with van der Waals surface area (Å²) in [6.45, 7) is 10.5. The van der Waals surface area contributed by atoms with Gasteiger partial charge < -0.3 is 15.3 Å². The van der Waals surface area contributed by atoms with Gasteiger partial charge in [-0.05, 0) is 43.2 Å². The van der Waals surface area contributed by atoms with E-state index >= 15 is 0 Å². The first-order valence-electron chi connectivity index (χ1n) is 10.2. The molecule has 0 bridgehead atoms. The molecular weight excluding hydrogens is 451 g/mol. The van der Waals surface area contributed by atoms with Crippen LogP contribution in [0.1, 0.15) is 37.8 Å². The van der Waals surface area contributed by atoms with Crippen molar-refractivity contribution in [2.75, 3.05) is 39.3 Å². The SMILES string of the molecule is CCNC(=NCC(O)CN1CCc2ccccc2C1)N1CCC(C)CC1.I. The van der Waals surface area contributed by atoms with Gasteiger partial charge in [-0.3, -0.25) is 9.89 Å². The lowest BCUT2D eigenvalue weighted by atomic mass is 9.99.